The molecule has 0 aliphatic carbocycles. The van der Waals surface area contributed by atoms with Crippen LogP contribution in [-0.2, 0) is 6.42 Å². The Bertz CT molecular complexity index is 729. The fourth-order valence-corrected chi connectivity index (χ4v) is 2.59. The quantitative estimate of drug-likeness (QED) is 0.671. The average Bonchev–Trinajstić information content (AvgIpc) is 2.98. The molecule has 112 valence electrons. The van der Waals surface area contributed by atoms with Crippen LogP contribution in [0.3, 0.4) is 0 Å². The molecule has 8 heteroatoms. The zero-order chi connectivity index (χ0) is 15.2. The van der Waals surface area contributed by atoms with Crippen LogP contribution in [0.1, 0.15) is 11.4 Å². The Morgan fingerprint density at radius 2 is 1.95 bits per heavy atom. The lowest BCUT2D eigenvalue weighted by atomic mass is 10.2. The van der Waals surface area contributed by atoms with Crippen LogP contribution < -0.4 is 11.1 Å². The van der Waals surface area contributed by atoms with Crippen molar-refractivity contribution in [2.24, 2.45) is 0 Å². The van der Waals surface area contributed by atoms with Gasteiger partial charge in [-0.25, -0.2) is 9.97 Å². The fourth-order valence-electron chi connectivity index (χ4n) is 1.93. The Morgan fingerprint density at radius 3 is 2.73 bits per heavy atom. The van der Waals surface area contributed by atoms with Crippen molar-refractivity contribution >= 4 is 22.4 Å². The highest BCUT2D eigenvalue weighted by Crippen LogP contribution is 2.16. The second-order valence-corrected chi connectivity index (χ2v) is 5.66. The predicted molar refractivity (Wildman–Crippen MR) is 86.4 cm³/mol. The third kappa shape index (κ3) is 3.73. The van der Waals surface area contributed by atoms with Crippen molar-refractivity contribution < 1.29 is 0 Å². The normalized spacial score (nSPS) is 10.5. The van der Waals surface area contributed by atoms with E-state index in [0.29, 0.717) is 11.1 Å². The zero-order valence-corrected chi connectivity index (χ0v) is 12.6. The van der Waals surface area contributed by atoms with Crippen molar-refractivity contribution in [3.63, 3.8) is 0 Å². The second-order valence-electron chi connectivity index (χ2n) is 4.57. The Morgan fingerprint density at radius 1 is 1.09 bits per heavy atom. The lowest BCUT2D eigenvalue weighted by Crippen LogP contribution is -2.06. The van der Waals surface area contributed by atoms with E-state index in [-0.39, 0.29) is 0 Å². The van der Waals surface area contributed by atoms with Crippen molar-refractivity contribution in [3.05, 3.63) is 41.8 Å². The molecule has 0 aliphatic heterocycles. The van der Waals surface area contributed by atoms with Gasteiger partial charge in [-0.05, 0) is 24.6 Å². The predicted octanol–water partition coefficient (Wildman–Crippen LogP) is 2.02. The van der Waals surface area contributed by atoms with Crippen LogP contribution in [0.2, 0.25) is 0 Å². The molecule has 3 aromatic heterocycles. The molecule has 0 aromatic carbocycles. The van der Waals surface area contributed by atoms with Gasteiger partial charge in [0.05, 0.1) is 5.69 Å². The molecule has 0 saturated heterocycles. The molecule has 0 aliphatic rings. The minimum absolute atomic E-state index is 0.511. The fraction of sp³-hybridized carbons (Fsp3) is 0.214. The molecule has 0 unspecified atom stereocenters. The van der Waals surface area contributed by atoms with Crippen LogP contribution in [-0.4, -0.2) is 31.7 Å². The summed E-state index contributed by atoms with van der Waals surface area (Å²) in [4.78, 5) is 12.7. The SMILES string of the molecule is Nc1nnc(CCCNc2nccc(-c3ccncc3)n2)s1. The molecule has 3 heterocycles. The van der Waals surface area contributed by atoms with Gasteiger partial charge in [-0.15, -0.1) is 10.2 Å². The van der Waals surface area contributed by atoms with Crippen molar-refractivity contribution in [1.29, 1.82) is 0 Å². The first-order valence-corrected chi connectivity index (χ1v) is 7.68. The number of aromatic nitrogens is 5. The lowest BCUT2D eigenvalue weighted by molar-refractivity contribution is 0.830. The van der Waals surface area contributed by atoms with E-state index in [1.807, 2.05) is 18.2 Å². The van der Waals surface area contributed by atoms with Crippen LogP contribution in [0.15, 0.2) is 36.8 Å². The third-order valence-electron chi connectivity index (χ3n) is 2.96. The summed E-state index contributed by atoms with van der Waals surface area (Å²) in [6.45, 7) is 0.763. The largest absolute Gasteiger partial charge is 0.374 e. The highest BCUT2D eigenvalue weighted by molar-refractivity contribution is 7.15. The summed E-state index contributed by atoms with van der Waals surface area (Å²) >= 11 is 1.42. The standard InChI is InChI=1S/C14H15N7S/c15-13-21-20-12(22-13)2-1-6-17-14-18-9-5-11(19-14)10-3-7-16-8-4-10/h3-5,7-9H,1-2,6H2,(H2,15,21)(H,17,18,19). The number of aryl methyl sites for hydroxylation is 1. The Balaban J connectivity index is 1.55. The van der Waals surface area contributed by atoms with Gasteiger partial charge in [0.1, 0.15) is 5.01 Å². The molecule has 0 bridgehead atoms. The summed E-state index contributed by atoms with van der Waals surface area (Å²) in [5.74, 6) is 0.617. The number of nitrogen functional groups attached to an aromatic ring is 1. The van der Waals surface area contributed by atoms with Gasteiger partial charge in [-0.1, -0.05) is 11.3 Å². The molecule has 3 N–H and O–H groups in total. The number of nitrogens with zero attached hydrogens (tertiary/aromatic N) is 5. The van der Waals surface area contributed by atoms with E-state index in [0.717, 1.165) is 35.7 Å². The maximum atomic E-state index is 5.55. The summed E-state index contributed by atoms with van der Waals surface area (Å²) in [6.07, 6.45) is 7.00. The van der Waals surface area contributed by atoms with Gasteiger partial charge < -0.3 is 11.1 Å². The molecule has 0 atom stereocenters. The molecule has 0 saturated carbocycles. The summed E-state index contributed by atoms with van der Waals surface area (Å²) in [6, 6.07) is 5.72. The van der Waals surface area contributed by atoms with Crippen LogP contribution in [0, 0.1) is 0 Å². The highest BCUT2D eigenvalue weighted by Gasteiger charge is 2.03. The van der Waals surface area contributed by atoms with Crippen LogP contribution >= 0.6 is 11.3 Å². The molecular formula is C14H15N7S. The number of hydrogen-bond acceptors (Lipinski definition) is 8. The summed E-state index contributed by atoms with van der Waals surface area (Å²) in [7, 11) is 0. The van der Waals surface area contributed by atoms with Gasteiger partial charge in [0.25, 0.3) is 0 Å². The Kier molecular flexibility index (Phi) is 4.50. The van der Waals surface area contributed by atoms with Gasteiger partial charge in [0.15, 0.2) is 0 Å². The maximum absolute atomic E-state index is 5.55. The second kappa shape index (κ2) is 6.90. The Labute approximate surface area is 131 Å². The molecule has 7 nitrogen and oxygen atoms in total. The summed E-state index contributed by atoms with van der Waals surface area (Å²) in [5.41, 5.74) is 7.44. The number of anilines is 2. The maximum Gasteiger partial charge on any atom is 0.223 e. The van der Waals surface area contributed by atoms with E-state index in [2.05, 4.69) is 30.5 Å². The molecule has 22 heavy (non-hydrogen) atoms. The monoisotopic (exact) mass is 313 g/mol. The van der Waals surface area contributed by atoms with E-state index in [1.165, 1.54) is 11.3 Å². The lowest BCUT2D eigenvalue weighted by Gasteiger charge is -2.05. The first-order valence-electron chi connectivity index (χ1n) is 6.86. The van der Waals surface area contributed by atoms with Crippen molar-refractivity contribution in [2.75, 3.05) is 17.6 Å². The molecule has 3 rings (SSSR count). The van der Waals surface area contributed by atoms with E-state index < -0.39 is 0 Å². The summed E-state index contributed by atoms with van der Waals surface area (Å²) < 4.78 is 0. The molecule has 0 amide bonds. The number of hydrogen-bond donors (Lipinski definition) is 2. The van der Waals surface area contributed by atoms with Crippen molar-refractivity contribution in [3.8, 4) is 11.3 Å². The minimum atomic E-state index is 0.511. The van der Waals surface area contributed by atoms with E-state index in [9.17, 15) is 0 Å². The summed E-state index contributed by atoms with van der Waals surface area (Å²) in [5, 5.41) is 12.5. The zero-order valence-electron chi connectivity index (χ0n) is 11.8. The average molecular weight is 313 g/mol. The molecule has 3 aromatic rings. The van der Waals surface area contributed by atoms with Gasteiger partial charge in [0.2, 0.25) is 11.1 Å². The first-order chi connectivity index (χ1) is 10.8. The number of nitrogens with two attached hydrogens (primary N) is 1. The van der Waals surface area contributed by atoms with E-state index in [1.54, 1.807) is 18.6 Å². The molecule has 0 fully saturated rings. The van der Waals surface area contributed by atoms with Gasteiger partial charge in [-0.3, -0.25) is 4.98 Å². The van der Waals surface area contributed by atoms with Gasteiger partial charge in [-0.2, -0.15) is 0 Å². The third-order valence-corrected chi connectivity index (χ3v) is 3.78. The number of nitrogens with one attached hydrogen (secondary N) is 1. The molecule has 0 spiro atoms. The topological polar surface area (TPSA) is 102 Å². The van der Waals surface area contributed by atoms with Crippen molar-refractivity contribution in [2.45, 2.75) is 12.8 Å². The van der Waals surface area contributed by atoms with E-state index in [4.69, 9.17) is 5.73 Å². The highest BCUT2D eigenvalue weighted by atomic mass is 32.1. The van der Waals surface area contributed by atoms with Gasteiger partial charge >= 0.3 is 0 Å². The molecular weight excluding hydrogens is 298 g/mol. The minimum Gasteiger partial charge on any atom is -0.374 e. The number of rotatable bonds is 6. The van der Waals surface area contributed by atoms with Crippen LogP contribution in [0.4, 0.5) is 11.1 Å². The Hall–Kier alpha value is -2.61. The molecule has 0 radical (unpaired) electrons. The van der Waals surface area contributed by atoms with E-state index >= 15 is 0 Å². The number of pyridine rings is 1. The van der Waals surface area contributed by atoms with Gasteiger partial charge in [0, 0.05) is 37.1 Å². The van der Waals surface area contributed by atoms with Crippen molar-refractivity contribution in [1.82, 2.24) is 25.1 Å². The van der Waals surface area contributed by atoms with Crippen LogP contribution in [0.25, 0.3) is 11.3 Å². The first kappa shape index (κ1) is 14.3. The van der Waals surface area contributed by atoms with Crippen LogP contribution in [0.5, 0.6) is 0 Å². The smallest absolute Gasteiger partial charge is 0.223 e.